The van der Waals surface area contributed by atoms with Crippen LogP contribution in [0.1, 0.15) is 11.1 Å². The summed E-state index contributed by atoms with van der Waals surface area (Å²) < 4.78 is 5.05. The maximum absolute atomic E-state index is 9.53. The lowest BCUT2D eigenvalue weighted by atomic mass is 10.0. The van der Waals surface area contributed by atoms with Crippen LogP contribution < -0.4 is 10.1 Å². The van der Waals surface area contributed by atoms with Gasteiger partial charge in [0.15, 0.2) is 11.5 Å². The Hall–Kier alpha value is -1.22. The van der Waals surface area contributed by atoms with Crippen molar-refractivity contribution in [1.29, 1.82) is 0 Å². The van der Waals surface area contributed by atoms with E-state index in [4.69, 9.17) is 4.74 Å². The highest BCUT2D eigenvalue weighted by Gasteiger charge is 2.14. The van der Waals surface area contributed by atoms with Gasteiger partial charge in [0, 0.05) is 12.0 Å². The number of aromatic hydroxyl groups is 1. The molecule has 3 N–H and O–H groups in total. The third-order valence-electron chi connectivity index (χ3n) is 2.48. The molecule has 0 saturated heterocycles. The van der Waals surface area contributed by atoms with Gasteiger partial charge in [-0.3, -0.25) is 0 Å². The van der Waals surface area contributed by atoms with Crippen LogP contribution in [0.4, 0.5) is 0 Å². The highest BCUT2D eigenvalue weighted by molar-refractivity contribution is 5.46. The molecule has 0 spiro atoms. The average Bonchev–Trinajstić information content (AvgIpc) is 2.17. The van der Waals surface area contributed by atoms with Crippen molar-refractivity contribution in [2.24, 2.45) is 0 Å². The molecule has 3 heteroatoms. The fourth-order valence-corrected chi connectivity index (χ4v) is 1.76. The maximum atomic E-state index is 9.53. The van der Waals surface area contributed by atoms with Crippen LogP contribution in [-0.2, 0) is 13.0 Å². The number of fused-ring (bicyclic) bond motifs is 1. The summed E-state index contributed by atoms with van der Waals surface area (Å²) in [5, 5.41) is 11.8. The Morgan fingerprint density at radius 1 is 1.38 bits per heavy atom. The molecule has 1 aromatic carbocycles. The van der Waals surface area contributed by atoms with Crippen molar-refractivity contribution in [3.05, 3.63) is 23.3 Å². The molecule has 2 rings (SSSR count). The largest absolute Gasteiger partial charge is 0.504 e. The Labute approximate surface area is 77.3 Å². The fourth-order valence-electron chi connectivity index (χ4n) is 1.76. The molecule has 0 amide bonds. The number of quaternary nitrogens is 1. The van der Waals surface area contributed by atoms with Gasteiger partial charge < -0.3 is 15.2 Å². The van der Waals surface area contributed by atoms with Gasteiger partial charge in [-0.15, -0.1) is 0 Å². The number of benzene rings is 1. The molecule has 1 heterocycles. The van der Waals surface area contributed by atoms with E-state index in [2.05, 4.69) is 5.32 Å². The second-order valence-corrected chi connectivity index (χ2v) is 3.32. The summed E-state index contributed by atoms with van der Waals surface area (Å²) in [6.45, 7) is 2.10. The van der Waals surface area contributed by atoms with Crippen molar-refractivity contribution in [3.8, 4) is 11.5 Å². The monoisotopic (exact) mass is 180 g/mol. The zero-order valence-corrected chi connectivity index (χ0v) is 7.71. The standard InChI is InChI=1S/C10H13NO2/c1-13-10-5-8-6-11-3-2-7(8)4-9(10)12/h4-5,11-12H,2-3,6H2,1H3/p+1. The lowest BCUT2D eigenvalue weighted by Crippen LogP contribution is -2.84. The van der Waals surface area contributed by atoms with E-state index in [0.29, 0.717) is 5.75 Å². The third kappa shape index (κ3) is 1.47. The van der Waals surface area contributed by atoms with E-state index < -0.39 is 0 Å². The molecule has 1 aliphatic rings. The molecule has 13 heavy (non-hydrogen) atoms. The number of phenolic OH excluding ortho intramolecular Hbond substituents is 1. The molecule has 0 saturated carbocycles. The van der Waals surface area contributed by atoms with Gasteiger partial charge in [-0.2, -0.15) is 0 Å². The van der Waals surface area contributed by atoms with E-state index in [1.807, 2.05) is 12.1 Å². The van der Waals surface area contributed by atoms with Crippen LogP contribution in [0.2, 0.25) is 0 Å². The zero-order valence-electron chi connectivity index (χ0n) is 7.71. The molecule has 0 aromatic heterocycles. The maximum Gasteiger partial charge on any atom is 0.160 e. The lowest BCUT2D eigenvalue weighted by molar-refractivity contribution is -0.673. The second kappa shape index (κ2) is 3.26. The fraction of sp³-hybridized carbons (Fsp3) is 0.400. The van der Waals surface area contributed by atoms with Gasteiger partial charge in [-0.05, 0) is 17.7 Å². The first-order valence-corrected chi connectivity index (χ1v) is 4.51. The van der Waals surface area contributed by atoms with Gasteiger partial charge in [-0.1, -0.05) is 0 Å². The highest BCUT2D eigenvalue weighted by atomic mass is 16.5. The predicted octanol–water partition coefficient (Wildman–Crippen LogP) is 0.0203. The molecule has 1 aliphatic heterocycles. The number of rotatable bonds is 1. The summed E-state index contributed by atoms with van der Waals surface area (Å²) >= 11 is 0. The topological polar surface area (TPSA) is 46.1 Å². The van der Waals surface area contributed by atoms with Gasteiger partial charge in [0.05, 0.1) is 13.7 Å². The van der Waals surface area contributed by atoms with Gasteiger partial charge >= 0.3 is 0 Å². The Morgan fingerprint density at radius 2 is 2.23 bits per heavy atom. The van der Waals surface area contributed by atoms with E-state index in [1.54, 1.807) is 7.11 Å². The predicted molar refractivity (Wildman–Crippen MR) is 48.9 cm³/mol. The van der Waals surface area contributed by atoms with E-state index in [-0.39, 0.29) is 5.75 Å². The van der Waals surface area contributed by atoms with Crippen molar-refractivity contribution in [2.45, 2.75) is 13.0 Å². The SMILES string of the molecule is COc1cc2c(cc1O)CC[NH2+]C2. The first-order valence-electron chi connectivity index (χ1n) is 4.51. The lowest BCUT2D eigenvalue weighted by Gasteiger charge is -2.15. The highest BCUT2D eigenvalue weighted by Crippen LogP contribution is 2.29. The van der Waals surface area contributed by atoms with Crippen molar-refractivity contribution in [2.75, 3.05) is 13.7 Å². The summed E-state index contributed by atoms with van der Waals surface area (Å²) in [6.07, 6.45) is 1.03. The number of hydrogen-bond donors (Lipinski definition) is 2. The van der Waals surface area contributed by atoms with Crippen molar-refractivity contribution in [1.82, 2.24) is 0 Å². The summed E-state index contributed by atoms with van der Waals surface area (Å²) in [6, 6.07) is 3.75. The van der Waals surface area contributed by atoms with E-state index >= 15 is 0 Å². The van der Waals surface area contributed by atoms with Crippen LogP contribution in [0, 0.1) is 0 Å². The first-order chi connectivity index (χ1) is 6.31. The molecule has 0 bridgehead atoms. The van der Waals surface area contributed by atoms with Crippen LogP contribution in [0.15, 0.2) is 12.1 Å². The normalized spacial score (nSPS) is 15.2. The Morgan fingerprint density at radius 3 is 3.00 bits per heavy atom. The minimum Gasteiger partial charge on any atom is -0.504 e. The van der Waals surface area contributed by atoms with Crippen molar-refractivity contribution < 1.29 is 15.2 Å². The van der Waals surface area contributed by atoms with Gasteiger partial charge in [0.1, 0.15) is 6.54 Å². The summed E-state index contributed by atoms with van der Waals surface area (Å²) in [5.41, 5.74) is 2.53. The van der Waals surface area contributed by atoms with Crippen molar-refractivity contribution >= 4 is 0 Å². The summed E-state index contributed by atoms with van der Waals surface area (Å²) in [5.74, 6) is 0.831. The Kier molecular flexibility index (Phi) is 2.10. The minimum absolute atomic E-state index is 0.253. The average molecular weight is 180 g/mol. The number of hydrogen-bond acceptors (Lipinski definition) is 2. The zero-order chi connectivity index (χ0) is 9.26. The Balaban J connectivity index is 2.44. The second-order valence-electron chi connectivity index (χ2n) is 3.32. The summed E-state index contributed by atoms with van der Waals surface area (Å²) in [7, 11) is 1.58. The van der Waals surface area contributed by atoms with Crippen LogP contribution >= 0.6 is 0 Å². The van der Waals surface area contributed by atoms with Gasteiger partial charge in [0.2, 0.25) is 0 Å². The van der Waals surface area contributed by atoms with Crippen molar-refractivity contribution in [3.63, 3.8) is 0 Å². The quantitative estimate of drug-likeness (QED) is 0.640. The number of ether oxygens (including phenoxy) is 1. The first kappa shape index (κ1) is 8.38. The third-order valence-corrected chi connectivity index (χ3v) is 2.48. The van der Waals surface area contributed by atoms with Gasteiger partial charge in [0.25, 0.3) is 0 Å². The van der Waals surface area contributed by atoms with Crippen LogP contribution in [0.25, 0.3) is 0 Å². The molecule has 1 aromatic rings. The molecular weight excluding hydrogens is 166 g/mol. The number of nitrogens with two attached hydrogens (primary N) is 1. The number of methoxy groups -OCH3 is 1. The van der Waals surface area contributed by atoms with E-state index in [0.717, 1.165) is 19.5 Å². The number of phenols is 1. The van der Waals surface area contributed by atoms with E-state index in [9.17, 15) is 5.11 Å². The van der Waals surface area contributed by atoms with E-state index in [1.165, 1.54) is 11.1 Å². The smallest absolute Gasteiger partial charge is 0.160 e. The van der Waals surface area contributed by atoms with Crippen LogP contribution in [-0.4, -0.2) is 18.8 Å². The van der Waals surface area contributed by atoms with Crippen LogP contribution in [0.5, 0.6) is 11.5 Å². The molecule has 0 atom stereocenters. The van der Waals surface area contributed by atoms with Gasteiger partial charge in [-0.25, -0.2) is 0 Å². The molecule has 3 nitrogen and oxygen atoms in total. The minimum atomic E-state index is 0.253. The summed E-state index contributed by atoms with van der Waals surface area (Å²) in [4.78, 5) is 0. The molecule has 0 unspecified atom stereocenters. The Bertz CT molecular complexity index is 323. The molecule has 0 aliphatic carbocycles. The molecular formula is C10H14NO2+. The molecule has 0 fully saturated rings. The molecule has 0 radical (unpaired) electrons. The molecule has 70 valence electrons. The van der Waals surface area contributed by atoms with Crippen LogP contribution in [0.3, 0.4) is 0 Å².